The van der Waals surface area contributed by atoms with Crippen molar-refractivity contribution in [1.29, 1.82) is 0 Å². The fraction of sp³-hybridized carbons (Fsp3) is 0.562. The number of sulfone groups is 1. The lowest BCUT2D eigenvalue weighted by Gasteiger charge is -2.21. The number of hydrogen-bond donors (Lipinski definition) is 1. The Morgan fingerprint density at radius 2 is 1.60 bits per heavy atom. The maximum atomic E-state index is 12.4. The number of sulfonamides is 1. The quantitative estimate of drug-likeness (QED) is 0.730. The highest BCUT2D eigenvalue weighted by molar-refractivity contribution is 7.92. The molecule has 1 aromatic carbocycles. The molecule has 7 nitrogen and oxygen atoms in total. The van der Waals surface area contributed by atoms with Gasteiger partial charge in [0.05, 0.1) is 10.6 Å². The zero-order chi connectivity index (χ0) is 19.4. The lowest BCUT2D eigenvalue weighted by atomic mass is 10.3. The Bertz CT molecular complexity index is 799. The van der Waals surface area contributed by atoms with Crippen LogP contribution >= 0.6 is 0 Å². The molecule has 1 unspecified atom stereocenters. The molecule has 0 aliphatic carbocycles. The molecule has 0 radical (unpaired) electrons. The van der Waals surface area contributed by atoms with E-state index in [1.165, 1.54) is 42.5 Å². The molecule has 0 saturated heterocycles. The monoisotopic (exact) mass is 390 g/mol. The molecule has 0 aliphatic rings. The van der Waals surface area contributed by atoms with Crippen molar-refractivity contribution in [3.05, 3.63) is 24.3 Å². The number of benzene rings is 1. The van der Waals surface area contributed by atoms with Crippen molar-refractivity contribution in [2.45, 2.75) is 50.3 Å². The Balaban J connectivity index is 2.93. The summed E-state index contributed by atoms with van der Waals surface area (Å²) in [7, 11) is -5.61. The molecule has 142 valence electrons. The zero-order valence-electron chi connectivity index (χ0n) is 15.2. The number of hydrogen-bond acceptors (Lipinski definition) is 5. The van der Waals surface area contributed by atoms with Gasteiger partial charge in [0.15, 0.2) is 9.84 Å². The van der Waals surface area contributed by atoms with Crippen LogP contribution in [-0.4, -0.2) is 51.1 Å². The number of rotatable bonds is 8. The molecular weight excluding hydrogens is 364 g/mol. The van der Waals surface area contributed by atoms with Gasteiger partial charge < -0.3 is 5.32 Å². The molecule has 0 bridgehead atoms. The predicted molar refractivity (Wildman–Crippen MR) is 98.7 cm³/mol. The molecule has 25 heavy (non-hydrogen) atoms. The molecular formula is C16H26N2O5S2. The van der Waals surface area contributed by atoms with Gasteiger partial charge in [0.25, 0.3) is 0 Å². The Morgan fingerprint density at radius 3 is 2.04 bits per heavy atom. The van der Waals surface area contributed by atoms with Gasteiger partial charge >= 0.3 is 0 Å². The highest BCUT2D eigenvalue weighted by atomic mass is 32.2. The summed E-state index contributed by atoms with van der Waals surface area (Å²) in [4.78, 5) is 12.2. The highest BCUT2D eigenvalue weighted by Gasteiger charge is 2.27. The average molecular weight is 391 g/mol. The molecule has 1 aromatic rings. The minimum Gasteiger partial charge on any atom is -0.325 e. The summed E-state index contributed by atoms with van der Waals surface area (Å²) in [6.45, 7) is 6.61. The summed E-state index contributed by atoms with van der Waals surface area (Å²) in [5, 5.41) is 1.35. The predicted octanol–water partition coefficient (Wildman–Crippen LogP) is 1.87. The molecule has 0 fully saturated rings. The van der Waals surface area contributed by atoms with E-state index in [0.29, 0.717) is 12.1 Å². The van der Waals surface area contributed by atoms with Gasteiger partial charge in [-0.25, -0.2) is 16.8 Å². The third-order valence-electron chi connectivity index (χ3n) is 3.92. The maximum absolute atomic E-state index is 12.4. The third kappa shape index (κ3) is 5.26. The summed E-state index contributed by atoms with van der Waals surface area (Å²) < 4.78 is 49.9. The van der Waals surface area contributed by atoms with Gasteiger partial charge in [-0.1, -0.05) is 6.92 Å². The fourth-order valence-electron chi connectivity index (χ4n) is 2.02. The number of carbonyl (C=O) groups is 1. The van der Waals surface area contributed by atoms with Crippen LogP contribution in [0.3, 0.4) is 0 Å². The van der Waals surface area contributed by atoms with E-state index in [0.717, 1.165) is 0 Å². The summed E-state index contributed by atoms with van der Waals surface area (Å²) in [6, 6.07) is 5.47. The van der Waals surface area contributed by atoms with E-state index in [9.17, 15) is 21.6 Å². The van der Waals surface area contributed by atoms with E-state index < -0.39 is 31.0 Å². The van der Waals surface area contributed by atoms with Gasteiger partial charge in [0.2, 0.25) is 15.9 Å². The van der Waals surface area contributed by atoms with E-state index in [1.807, 2.05) is 0 Å². The maximum Gasteiger partial charge on any atom is 0.243 e. The number of nitrogens with zero attached hydrogens (tertiary/aromatic N) is 1. The fourth-order valence-corrected chi connectivity index (χ4v) is 4.70. The van der Waals surface area contributed by atoms with Gasteiger partial charge in [0, 0.05) is 18.8 Å². The standard InChI is InChI=1S/C16H26N2O5S2/c1-6-11-24(20,21)13(4)16(19)17-14-7-9-15(10-8-14)25(22,23)18(5)12(2)3/h7-10,12-13H,6,11H2,1-5H3,(H,17,19). The summed E-state index contributed by atoms with van der Waals surface area (Å²) in [5.74, 6) is -0.691. The molecule has 0 aromatic heterocycles. The minimum atomic E-state index is -3.61. The van der Waals surface area contributed by atoms with Crippen LogP contribution < -0.4 is 5.32 Å². The second-order valence-corrected chi connectivity index (χ2v) is 10.6. The van der Waals surface area contributed by atoms with Gasteiger partial charge in [-0.05, 0) is 51.5 Å². The van der Waals surface area contributed by atoms with Gasteiger partial charge in [-0.2, -0.15) is 4.31 Å². The number of carbonyl (C=O) groups excluding carboxylic acids is 1. The van der Waals surface area contributed by atoms with Crippen molar-refractivity contribution in [1.82, 2.24) is 4.31 Å². The molecule has 1 N–H and O–H groups in total. The van der Waals surface area contributed by atoms with Crippen LogP contribution in [0.15, 0.2) is 29.2 Å². The van der Waals surface area contributed by atoms with Gasteiger partial charge in [-0.3, -0.25) is 4.79 Å². The van der Waals surface area contributed by atoms with Crippen LogP contribution in [0.5, 0.6) is 0 Å². The van der Waals surface area contributed by atoms with Gasteiger partial charge in [-0.15, -0.1) is 0 Å². The first-order valence-electron chi connectivity index (χ1n) is 8.04. The highest BCUT2D eigenvalue weighted by Crippen LogP contribution is 2.19. The number of anilines is 1. The van der Waals surface area contributed by atoms with Gasteiger partial charge in [0.1, 0.15) is 5.25 Å². The largest absolute Gasteiger partial charge is 0.325 e. The Morgan fingerprint density at radius 1 is 1.08 bits per heavy atom. The lowest BCUT2D eigenvalue weighted by molar-refractivity contribution is -0.115. The first kappa shape index (κ1) is 21.6. The van der Waals surface area contributed by atoms with Crippen LogP contribution in [0.2, 0.25) is 0 Å². The molecule has 1 rings (SSSR count). The first-order valence-corrected chi connectivity index (χ1v) is 11.2. The molecule has 1 amide bonds. The Labute approximate surface area is 150 Å². The number of amides is 1. The van der Waals surface area contributed by atoms with E-state index in [1.54, 1.807) is 20.8 Å². The molecule has 9 heteroatoms. The number of nitrogens with one attached hydrogen (secondary N) is 1. The van der Waals surface area contributed by atoms with Crippen molar-refractivity contribution in [2.75, 3.05) is 18.1 Å². The van der Waals surface area contributed by atoms with Crippen LogP contribution in [0, 0.1) is 0 Å². The SMILES string of the molecule is CCCS(=O)(=O)C(C)C(=O)Nc1ccc(S(=O)(=O)N(C)C(C)C)cc1. The van der Waals surface area contributed by atoms with Crippen molar-refractivity contribution < 1.29 is 21.6 Å². The molecule has 0 aliphatic heterocycles. The van der Waals surface area contributed by atoms with Crippen LogP contribution in [0.1, 0.15) is 34.1 Å². The van der Waals surface area contributed by atoms with Crippen molar-refractivity contribution in [3.8, 4) is 0 Å². The summed E-state index contributed by atoms with van der Waals surface area (Å²) in [5.41, 5.74) is 0.342. The Hall–Kier alpha value is -1.45. The van der Waals surface area contributed by atoms with E-state index in [4.69, 9.17) is 0 Å². The van der Waals surface area contributed by atoms with E-state index in [-0.39, 0.29) is 16.7 Å². The smallest absolute Gasteiger partial charge is 0.243 e. The molecule has 0 spiro atoms. The summed E-state index contributed by atoms with van der Waals surface area (Å²) in [6.07, 6.45) is 0.440. The van der Waals surface area contributed by atoms with Crippen LogP contribution in [-0.2, 0) is 24.7 Å². The lowest BCUT2D eigenvalue weighted by Crippen LogP contribution is -2.34. The van der Waals surface area contributed by atoms with Crippen molar-refractivity contribution in [3.63, 3.8) is 0 Å². The van der Waals surface area contributed by atoms with Crippen molar-refractivity contribution >= 4 is 31.5 Å². The second-order valence-electron chi connectivity index (χ2n) is 6.14. The zero-order valence-corrected chi connectivity index (χ0v) is 16.8. The van der Waals surface area contributed by atoms with E-state index >= 15 is 0 Å². The molecule has 0 heterocycles. The Kier molecular flexibility index (Phi) is 7.16. The van der Waals surface area contributed by atoms with E-state index in [2.05, 4.69) is 5.32 Å². The van der Waals surface area contributed by atoms with Crippen molar-refractivity contribution in [2.24, 2.45) is 0 Å². The third-order valence-corrected chi connectivity index (χ3v) is 8.24. The summed E-state index contributed by atoms with van der Waals surface area (Å²) >= 11 is 0. The second kappa shape index (κ2) is 8.29. The minimum absolute atomic E-state index is 0.0553. The van der Waals surface area contributed by atoms with Crippen LogP contribution in [0.4, 0.5) is 5.69 Å². The molecule has 0 saturated carbocycles. The topological polar surface area (TPSA) is 101 Å². The van der Waals surface area contributed by atoms with Crippen LogP contribution in [0.25, 0.3) is 0 Å². The normalized spacial score (nSPS) is 13.9. The molecule has 1 atom stereocenters. The average Bonchev–Trinajstić information content (AvgIpc) is 2.53. The first-order chi connectivity index (χ1) is 11.4.